The molecule has 7 heteroatoms. The lowest BCUT2D eigenvalue weighted by molar-refractivity contribution is 0.466. The number of phenolic OH excluding ortho intramolecular Hbond substituents is 1. The smallest absolute Gasteiger partial charge is 0.238 e. The van der Waals surface area contributed by atoms with Gasteiger partial charge in [0.2, 0.25) is 10.0 Å². The molecule has 21 heavy (non-hydrogen) atoms. The summed E-state index contributed by atoms with van der Waals surface area (Å²) in [5, 5.41) is 17.7. The van der Waals surface area contributed by atoms with Crippen LogP contribution in [0.1, 0.15) is 11.1 Å². The average Bonchev–Trinajstić information content (AvgIpc) is 2.40. The number of halogens is 1. The number of primary sulfonamides is 1. The van der Waals surface area contributed by atoms with Crippen LogP contribution in [0.3, 0.4) is 0 Å². The van der Waals surface area contributed by atoms with E-state index in [0.29, 0.717) is 11.3 Å². The van der Waals surface area contributed by atoms with Gasteiger partial charge in [0.1, 0.15) is 11.6 Å². The Labute approximate surface area is 122 Å². The van der Waals surface area contributed by atoms with Gasteiger partial charge in [-0.3, -0.25) is 0 Å². The van der Waals surface area contributed by atoms with Crippen LogP contribution in [0.4, 0.5) is 10.1 Å². The number of nitrogens with one attached hydrogen (secondary N) is 1. The molecule has 2 aromatic rings. The normalized spacial score (nSPS) is 11.4. The van der Waals surface area contributed by atoms with Crippen molar-refractivity contribution in [2.45, 2.75) is 18.4 Å². The molecule has 112 valence electrons. The molecule has 0 atom stereocenters. The largest absolute Gasteiger partial charge is 0.508 e. The van der Waals surface area contributed by atoms with Crippen molar-refractivity contribution in [2.24, 2.45) is 5.14 Å². The van der Waals surface area contributed by atoms with Crippen LogP contribution >= 0.6 is 0 Å². The van der Waals surface area contributed by atoms with Crippen molar-refractivity contribution in [3.8, 4) is 5.75 Å². The third kappa shape index (κ3) is 3.71. The molecular formula is C14H15FN2O3S. The van der Waals surface area contributed by atoms with Crippen molar-refractivity contribution >= 4 is 15.7 Å². The molecule has 0 spiro atoms. The second-order valence-electron chi connectivity index (χ2n) is 4.65. The summed E-state index contributed by atoms with van der Waals surface area (Å²) in [7, 11) is -3.79. The molecule has 0 bridgehead atoms. The lowest BCUT2D eigenvalue weighted by Gasteiger charge is -2.12. The summed E-state index contributed by atoms with van der Waals surface area (Å²) in [6.07, 6.45) is 0. The maximum Gasteiger partial charge on any atom is 0.238 e. The maximum absolute atomic E-state index is 13.1. The van der Waals surface area contributed by atoms with Crippen molar-refractivity contribution in [1.82, 2.24) is 0 Å². The molecule has 0 aromatic heterocycles. The minimum atomic E-state index is -3.79. The van der Waals surface area contributed by atoms with Gasteiger partial charge in [-0.2, -0.15) is 0 Å². The third-order valence-corrected chi connectivity index (χ3v) is 3.96. The number of aromatic hydroxyl groups is 1. The SMILES string of the molecule is Cc1ccc(S(N)(=O)=O)cc1NCc1cc(F)ccc1O. The first kappa shape index (κ1) is 15.3. The van der Waals surface area contributed by atoms with Crippen molar-refractivity contribution in [3.05, 3.63) is 53.3 Å². The molecule has 0 unspecified atom stereocenters. The van der Waals surface area contributed by atoms with Crippen LogP contribution in [0.25, 0.3) is 0 Å². The molecule has 0 radical (unpaired) electrons. The van der Waals surface area contributed by atoms with Gasteiger partial charge in [0, 0.05) is 17.8 Å². The van der Waals surface area contributed by atoms with Crippen LogP contribution in [-0.2, 0) is 16.6 Å². The minimum Gasteiger partial charge on any atom is -0.508 e. The molecule has 4 N–H and O–H groups in total. The van der Waals surface area contributed by atoms with Gasteiger partial charge in [0.25, 0.3) is 0 Å². The first-order chi connectivity index (χ1) is 9.77. The summed E-state index contributed by atoms with van der Waals surface area (Å²) in [5.74, 6) is -0.497. The van der Waals surface area contributed by atoms with Crippen LogP contribution in [0.2, 0.25) is 0 Å². The van der Waals surface area contributed by atoms with Gasteiger partial charge in [-0.05, 0) is 42.8 Å². The second kappa shape index (κ2) is 5.71. The van der Waals surface area contributed by atoms with Gasteiger partial charge in [-0.1, -0.05) is 6.07 Å². The zero-order valence-electron chi connectivity index (χ0n) is 11.3. The van der Waals surface area contributed by atoms with Crippen LogP contribution in [0.15, 0.2) is 41.3 Å². The van der Waals surface area contributed by atoms with E-state index in [1.807, 2.05) is 0 Å². The Morgan fingerprint density at radius 3 is 2.62 bits per heavy atom. The zero-order chi connectivity index (χ0) is 15.6. The maximum atomic E-state index is 13.1. The molecular weight excluding hydrogens is 295 g/mol. The van der Waals surface area contributed by atoms with Gasteiger partial charge in [0.15, 0.2) is 0 Å². The van der Waals surface area contributed by atoms with E-state index in [4.69, 9.17) is 5.14 Å². The highest BCUT2D eigenvalue weighted by Crippen LogP contribution is 2.23. The van der Waals surface area contributed by atoms with Crippen LogP contribution < -0.4 is 10.5 Å². The van der Waals surface area contributed by atoms with Gasteiger partial charge in [-0.25, -0.2) is 17.9 Å². The van der Waals surface area contributed by atoms with E-state index >= 15 is 0 Å². The summed E-state index contributed by atoms with van der Waals surface area (Å²) in [6.45, 7) is 1.94. The van der Waals surface area contributed by atoms with E-state index in [0.717, 1.165) is 11.6 Å². The molecule has 5 nitrogen and oxygen atoms in total. The predicted molar refractivity (Wildman–Crippen MR) is 77.9 cm³/mol. The number of nitrogens with two attached hydrogens (primary N) is 1. The van der Waals surface area contributed by atoms with Gasteiger partial charge in [-0.15, -0.1) is 0 Å². The number of aryl methyl sites for hydroxylation is 1. The van der Waals surface area contributed by atoms with E-state index in [9.17, 15) is 17.9 Å². The molecule has 0 saturated heterocycles. The number of phenols is 1. The van der Waals surface area contributed by atoms with E-state index in [1.165, 1.54) is 24.3 Å². The van der Waals surface area contributed by atoms with E-state index in [1.54, 1.807) is 13.0 Å². The van der Waals surface area contributed by atoms with Gasteiger partial charge < -0.3 is 10.4 Å². The van der Waals surface area contributed by atoms with Crippen LogP contribution in [0, 0.1) is 12.7 Å². The monoisotopic (exact) mass is 310 g/mol. The summed E-state index contributed by atoms with van der Waals surface area (Å²) in [4.78, 5) is -0.0148. The topological polar surface area (TPSA) is 92.4 Å². The standard InChI is InChI=1S/C14H15FN2O3S/c1-9-2-4-12(21(16,19)20)7-13(9)17-8-10-6-11(15)3-5-14(10)18/h2-7,17-18H,8H2,1H3,(H2,16,19,20). The number of sulfonamides is 1. The highest BCUT2D eigenvalue weighted by Gasteiger charge is 2.10. The molecule has 0 saturated carbocycles. The fourth-order valence-electron chi connectivity index (χ4n) is 1.85. The summed E-state index contributed by atoms with van der Waals surface area (Å²) in [6, 6.07) is 8.07. The summed E-state index contributed by atoms with van der Waals surface area (Å²) < 4.78 is 35.8. The Bertz CT molecular complexity index is 776. The number of hydrogen-bond acceptors (Lipinski definition) is 4. The summed E-state index contributed by atoms with van der Waals surface area (Å²) in [5.41, 5.74) is 1.72. The molecule has 0 heterocycles. The number of hydrogen-bond donors (Lipinski definition) is 3. The van der Waals surface area contributed by atoms with Crippen LogP contribution in [0.5, 0.6) is 5.75 Å². The molecule has 2 aromatic carbocycles. The van der Waals surface area contributed by atoms with Crippen molar-refractivity contribution < 1.29 is 17.9 Å². The third-order valence-electron chi connectivity index (χ3n) is 3.05. The first-order valence-electron chi connectivity index (χ1n) is 6.12. The fraction of sp³-hybridized carbons (Fsp3) is 0.143. The molecule has 0 aliphatic carbocycles. The molecule has 0 aliphatic rings. The Kier molecular flexibility index (Phi) is 4.15. The highest BCUT2D eigenvalue weighted by atomic mass is 32.2. The lowest BCUT2D eigenvalue weighted by atomic mass is 10.1. The van der Waals surface area contributed by atoms with Crippen molar-refractivity contribution in [3.63, 3.8) is 0 Å². The highest BCUT2D eigenvalue weighted by molar-refractivity contribution is 7.89. The zero-order valence-corrected chi connectivity index (χ0v) is 12.1. The second-order valence-corrected chi connectivity index (χ2v) is 6.21. The Hall–Kier alpha value is -2.12. The predicted octanol–water partition coefficient (Wildman–Crippen LogP) is 2.10. The Morgan fingerprint density at radius 1 is 1.24 bits per heavy atom. The molecule has 0 fully saturated rings. The van der Waals surface area contributed by atoms with Crippen molar-refractivity contribution in [2.75, 3.05) is 5.32 Å². The Balaban J connectivity index is 2.26. The fourth-order valence-corrected chi connectivity index (χ4v) is 2.39. The molecule has 0 aliphatic heterocycles. The lowest BCUT2D eigenvalue weighted by Crippen LogP contribution is -2.13. The van der Waals surface area contributed by atoms with Crippen LogP contribution in [-0.4, -0.2) is 13.5 Å². The van der Waals surface area contributed by atoms with Gasteiger partial charge in [0.05, 0.1) is 4.90 Å². The quantitative estimate of drug-likeness (QED) is 0.806. The average molecular weight is 310 g/mol. The van der Waals surface area contributed by atoms with E-state index in [2.05, 4.69) is 5.32 Å². The Morgan fingerprint density at radius 2 is 1.95 bits per heavy atom. The number of anilines is 1. The number of rotatable bonds is 4. The minimum absolute atomic E-state index is 0.0148. The first-order valence-corrected chi connectivity index (χ1v) is 7.67. The summed E-state index contributed by atoms with van der Waals surface area (Å²) >= 11 is 0. The van der Waals surface area contributed by atoms with Crippen molar-refractivity contribution in [1.29, 1.82) is 0 Å². The molecule has 0 amide bonds. The van der Waals surface area contributed by atoms with Gasteiger partial charge >= 0.3 is 0 Å². The molecule has 2 rings (SSSR count). The van der Waals surface area contributed by atoms with E-state index < -0.39 is 15.8 Å². The number of benzene rings is 2. The van der Waals surface area contributed by atoms with E-state index in [-0.39, 0.29) is 17.2 Å².